The molecule has 0 saturated carbocycles. The predicted octanol–water partition coefficient (Wildman–Crippen LogP) is 0.653. The first kappa shape index (κ1) is 8.00. The van der Waals surface area contributed by atoms with Crippen molar-refractivity contribution >= 4 is 6.01 Å². The van der Waals surface area contributed by atoms with Crippen LogP contribution in [0.2, 0.25) is 0 Å². The van der Waals surface area contributed by atoms with Gasteiger partial charge >= 0.3 is 6.01 Å². The number of hydrogen-bond acceptors (Lipinski definition) is 5. The molecular weight excluding hydrogens is 144 g/mol. The maximum atomic E-state index is 5.06. The summed E-state index contributed by atoms with van der Waals surface area (Å²) in [5.74, 6) is 5.70. The Kier molecular flexibility index (Phi) is 1.82. The summed E-state index contributed by atoms with van der Waals surface area (Å²) in [6.07, 6.45) is 0. The second-order valence-electron chi connectivity index (χ2n) is 3.32. The van der Waals surface area contributed by atoms with Crippen molar-refractivity contribution in [3.8, 4) is 0 Å². The van der Waals surface area contributed by atoms with Crippen molar-refractivity contribution < 1.29 is 4.52 Å². The van der Waals surface area contributed by atoms with Crippen LogP contribution in [0.3, 0.4) is 0 Å². The number of rotatable bonds is 1. The van der Waals surface area contributed by atoms with Gasteiger partial charge in [-0.3, -0.25) is 5.43 Å². The van der Waals surface area contributed by atoms with Crippen LogP contribution in [0.1, 0.15) is 26.6 Å². The molecule has 0 radical (unpaired) electrons. The van der Waals surface area contributed by atoms with Crippen molar-refractivity contribution in [3.63, 3.8) is 0 Å². The van der Waals surface area contributed by atoms with Gasteiger partial charge in [0.1, 0.15) is 0 Å². The Morgan fingerprint density at radius 1 is 1.45 bits per heavy atom. The quantitative estimate of drug-likeness (QED) is 0.461. The fourth-order valence-electron chi connectivity index (χ4n) is 0.587. The number of nitrogens with zero attached hydrogens (tertiary/aromatic N) is 2. The molecule has 62 valence electrons. The van der Waals surface area contributed by atoms with E-state index in [1.54, 1.807) is 0 Å². The Balaban J connectivity index is 2.89. The number of anilines is 1. The molecule has 1 heterocycles. The van der Waals surface area contributed by atoms with Crippen LogP contribution in [0.4, 0.5) is 6.01 Å². The number of hydrogen-bond donors (Lipinski definition) is 2. The zero-order chi connectivity index (χ0) is 8.48. The van der Waals surface area contributed by atoms with Gasteiger partial charge in [-0.15, -0.1) is 0 Å². The molecule has 0 saturated heterocycles. The van der Waals surface area contributed by atoms with Crippen LogP contribution < -0.4 is 11.3 Å². The highest BCUT2D eigenvalue weighted by atomic mass is 16.5. The number of nitrogens with one attached hydrogen (secondary N) is 1. The molecule has 1 aromatic heterocycles. The van der Waals surface area contributed by atoms with Gasteiger partial charge in [-0.25, -0.2) is 5.84 Å². The molecule has 0 bridgehead atoms. The predicted molar refractivity (Wildman–Crippen MR) is 40.8 cm³/mol. The third-order valence-corrected chi connectivity index (χ3v) is 1.22. The molecule has 1 aromatic rings. The van der Waals surface area contributed by atoms with Crippen molar-refractivity contribution in [1.82, 2.24) is 10.1 Å². The summed E-state index contributed by atoms with van der Waals surface area (Å²) < 4.78 is 4.74. The van der Waals surface area contributed by atoms with Gasteiger partial charge in [0, 0.05) is 5.41 Å². The Morgan fingerprint density at radius 3 is 2.36 bits per heavy atom. The third kappa shape index (κ3) is 1.68. The molecule has 0 unspecified atom stereocenters. The molecule has 1 rings (SSSR count). The lowest BCUT2D eigenvalue weighted by Gasteiger charge is -2.10. The molecule has 0 atom stereocenters. The summed E-state index contributed by atoms with van der Waals surface area (Å²) >= 11 is 0. The van der Waals surface area contributed by atoms with Crippen LogP contribution in [0, 0.1) is 0 Å². The summed E-state index contributed by atoms with van der Waals surface area (Å²) in [7, 11) is 0. The summed E-state index contributed by atoms with van der Waals surface area (Å²) in [4.78, 5) is 3.99. The van der Waals surface area contributed by atoms with Gasteiger partial charge in [-0.2, -0.15) is 4.98 Å². The SMILES string of the molecule is CC(C)(C)c1noc(NN)n1. The van der Waals surface area contributed by atoms with Gasteiger partial charge in [-0.1, -0.05) is 25.9 Å². The van der Waals surface area contributed by atoms with Crippen molar-refractivity contribution in [3.05, 3.63) is 5.82 Å². The minimum Gasteiger partial charge on any atom is -0.314 e. The first-order valence-corrected chi connectivity index (χ1v) is 3.35. The normalized spacial score (nSPS) is 11.6. The number of nitrogen functional groups attached to an aromatic ring is 1. The molecule has 0 aliphatic rings. The zero-order valence-corrected chi connectivity index (χ0v) is 6.88. The fraction of sp³-hybridized carbons (Fsp3) is 0.667. The monoisotopic (exact) mass is 156 g/mol. The second kappa shape index (κ2) is 2.50. The molecule has 5 nitrogen and oxygen atoms in total. The molecule has 0 fully saturated rings. The van der Waals surface area contributed by atoms with Gasteiger partial charge in [0.2, 0.25) is 0 Å². The minimum absolute atomic E-state index is 0.0986. The summed E-state index contributed by atoms with van der Waals surface area (Å²) in [6, 6.07) is 0.245. The van der Waals surface area contributed by atoms with Crippen LogP contribution in [0.25, 0.3) is 0 Å². The van der Waals surface area contributed by atoms with E-state index in [0.717, 1.165) is 0 Å². The molecule has 3 N–H and O–H groups in total. The first-order chi connectivity index (χ1) is 5.04. The van der Waals surface area contributed by atoms with Gasteiger partial charge in [0.25, 0.3) is 0 Å². The minimum atomic E-state index is -0.0986. The molecule has 5 heteroatoms. The van der Waals surface area contributed by atoms with Crippen LogP contribution >= 0.6 is 0 Å². The molecule has 0 aromatic carbocycles. The van der Waals surface area contributed by atoms with Crippen molar-refractivity contribution in [2.75, 3.05) is 5.43 Å². The molecule has 0 aliphatic carbocycles. The van der Waals surface area contributed by atoms with E-state index in [2.05, 4.69) is 15.6 Å². The second-order valence-corrected chi connectivity index (χ2v) is 3.32. The van der Waals surface area contributed by atoms with E-state index < -0.39 is 0 Å². The van der Waals surface area contributed by atoms with E-state index in [9.17, 15) is 0 Å². The summed E-state index contributed by atoms with van der Waals surface area (Å²) in [6.45, 7) is 5.99. The van der Waals surface area contributed by atoms with E-state index in [4.69, 9.17) is 10.4 Å². The highest BCUT2D eigenvalue weighted by Gasteiger charge is 2.20. The van der Waals surface area contributed by atoms with Crippen LogP contribution in [0.5, 0.6) is 0 Å². The highest BCUT2D eigenvalue weighted by Crippen LogP contribution is 2.19. The fourth-order valence-corrected chi connectivity index (χ4v) is 0.587. The molecule has 0 amide bonds. The molecule has 0 spiro atoms. The van der Waals surface area contributed by atoms with Crippen molar-refractivity contribution in [1.29, 1.82) is 0 Å². The van der Waals surface area contributed by atoms with E-state index >= 15 is 0 Å². The van der Waals surface area contributed by atoms with E-state index in [1.165, 1.54) is 0 Å². The van der Waals surface area contributed by atoms with Gasteiger partial charge in [0.15, 0.2) is 5.82 Å². The largest absolute Gasteiger partial charge is 0.335 e. The van der Waals surface area contributed by atoms with Crippen LogP contribution in [-0.4, -0.2) is 10.1 Å². The van der Waals surface area contributed by atoms with Crippen molar-refractivity contribution in [2.24, 2.45) is 5.84 Å². The summed E-state index contributed by atoms with van der Waals surface area (Å²) in [5.41, 5.74) is 2.18. The smallest absolute Gasteiger partial charge is 0.314 e. The van der Waals surface area contributed by atoms with Gasteiger partial charge in [0.05, 0.1) is 0 Å². The Hall–Kier alpha value is -1.10. The topological polar surface area (TPSA) is 77.0 Å². The maximum absolute atomic E-state index is 5.06. The van der Waals surface area contributed by atoms with Crippen molar-refractivity contribution in [2.45, 2.75) is 26.2 Å². The molecule has 0 aliphatic heterocycles. The Bertz CT molecular complexity index is 237. The number of hydrazine groups is 1. The molecular formula is C6H12N4O. The lowest BCUT2D eigenvalue weighted by molar-refractivity contribution is 0.403. The standard InChI is InChI=1S/C6H12N4O/c1-6(2,3)4-8-5(9-7)11-10-4/h7H2,1-3H3,(H,8,9,10). The molecule has 11 heavy (non-hydrogen) atoms. The summed E-state index contributed by atoms with van der Waals surface area (Å²) in [5, 5.41) is 3.73. The van der Waals surface area contributed by atoms with Crippen LogP contribution in [-0.2, 0) is 5.41 Å². The van der Waals surface area contributed by atoms with Gasteiger partial charge < -0.3 is 4.52 Å². The van der Waals surface area contributed by atoms with E-state index in [0.29, 0.717) is 5.82 Å². The van der Waals surface area contributed by atoms with E-state index in [1.807, 2.05) is 20.8 Å². The maximum Gasteiger partial charge on any atom is 0.335 e. The average Bonchev–Trinajstić information content (AvgIpc) is 2.32. The van der Waals surface area contributed by atoms with Crippen LogP contribution in [0.15, 0.2) is 4.52 Å². The number of nitrogens with two attached hydrogens (primary N) is 1. The highest BCUT2D eigenvalue weighted by molar-refractivity contribution is 5.17. The zero-order valence-electron chi connectivity index (χ0n) is 6.88. The van der Waals surface area contributed by atoms with Gasteiger partial charge in [-0.05, 0) is 0 Å². The third-order valence-electron chi connectivity index (χ3n) is 1.22. The lowest BCUT2D eigenvalue weighted by atomic mass is 9.96. The Morgan fingerprint density at radius 2 is 2.09 bits per heavy atom. The first-order valence-electron chi connectivity index (χ1n) is 3.35. The van der Waals surface area contributed by atoms with E-state index in [-0.39, 0.29) is 11.4 Å². The lowest BCUT2D eigenvalue weighted by Crippen LogP contribution is -2.14. The average molecular weight is 156 g/mol. The Labute approximate surface area is 64.9 Å². The number of aromatic nitrogens is 2.